The average molecular weight is 658 g/mol. The number of nitrogens with one attached hydrogen (secondary N) is 1. The van der Waals surface area contributed by atoms with Gasteiger partial charge in [-0.1, -0.05) is 19.1 Å². The summed E-state index contributed by atoms with van der Waals surface area (Å²) in [6, 6.07) is 7.36. The molecule has 0 spiro atoms. The molecule has 3 fully saturated rings. The van der Waals surface area contributed by atoms with Gasteiger partial charge < -0.3 is 20.2 Å². The number of carbonyl (C=O) groups is 1. The average Bonchev–Trinajstić information content (AvgIpc) is 3.82. The third-order valence-electron chi connectivity index (χ3n) is 11.7. The molecule has 0 bridgehead atoms. The van der Waals surface area contributed by atoms with Crippen LogP contribution in [0.4, 0.5) is 16.2 Å². The Labute approximate surface area is 284 Å². The maximum atomic E-state index is 14.3. The van der Waals surface area contributed by atoms with Crippen molar-refractivity contribution in [1.29, 1.82) is 0 Å². The summed E-state index contributed by atoms with van der Waals surface area (Å²) in [4.78, 5) is 27.3. The van der Waals surface area contributed by atoms with Gasteiger partial charge in [0.05, 0.1) is 23.9 Å². The summed E-state index contributed by atoms with van der Waals surface area (Å²) in [5.41, 5.74) is 4.40. The zero-order valence-corrected chi connectivity index (χ0v) is 28.8. The van der Waals surface area contributed by atoms with Crippen molar-refractivity contribution in [3.05, 3.63) is 64.9 Å². The van der Waals surface area contributed by atoms with Crippen LogP contribution in [0.25, 0.3) is 0 Å². The molecule has 1 aliphatic heterocycles. The van der Waals surface area contributed by atoms with Gasteiger partial charge in [-0.05, 0) is 119 Å². The molecule has 3 heterocycles. The third-order valence-corrected chi connectivity index (χ3v) is 11.7. The summed E-state index contributed by atoms with van der Waals surface area (Å²) in [7, 11) is 4.12. The molecule has 2 aromatic heterocycles. The molecule has 1 saturated heterocycles. The van der Waals surface area contributed by atoms with Crippen molar-refractivity contribution in [2.45, 2.75) is 95.6 Å². The van der Waals surface area contributed by atoms with Crippen molar-refractivity contribution < 1.29 is 14.3 Å². The van der Waals surface area contributed by atoms with Gasteiger partial charge in [0, 0.05) is 50.6 Å². The molecule has 0 amide bonds. The van der Waals surface area contributed by atoms with Crippen LogP contribution in [-0.2, 0) is 24.7 Å². The van der Waals surface area contributed by atoms with Crippen LogP contribution < -0.4 is 10.2 Å². The number of anilines is 2. The van der Waals surface area contributed by atoms with Gasteiger partial charge in [0.1, 0.15) is 11.6 Å². The molecule has 7 rings (SSSR count). The van der Waals surface area contributed by atoms with E-state index in [4.69, 9.17) is 9.97 Å². The van der Waals surface area contributed by atoms with E-state index in [1.165, 1.54) is 31.7 Å². The molecule has 9 nitrogen and oxygen atoms in total. The van der Waals surface area contributed by atoms with Crippen LogP contribution in [0.3, 0.4) is 0 Å². The highest BCUT2D eigenvalue weighted by Crippen LogP contribution is 2.45. The predicted molar refractivity (Wildman–Crippen MR) is 186 cm³/mol. The summed E-state index contributed by atoms with van der Waals surface area (Å²) in [6.07, 6.45) is 14.8. The van der Waals surface area contributed by atoms with E-state index in [0.717, 1.165) is 98.7 Å². The zero-order valence-electron chi connectivity index (χ0n) is 28.8. The highest BCUT2D eigenvalue weighted by Gasteiger charge is 2.42. The van der Waals surface area contributed by atoms with Crippen LogP contribution in [0, 0.1) is 29.5 Å². The number of benzene rings is 1. The van der Waals surface area contributed by atoms with E-state index < -0.39 is 5.97 Å². The van der Waals surface area contributed by atoms with Gasteiger partial charge in [0.25, 0.3) is 0 Å². The monoisotopic (exact) mass is 657 g/mol. The van der Waals surface area contributed by atoms with E-state index in [0.29, 0.717) is 23.8 Å². The Morgan fingerprint density at radius 3 is 2.54 bits per heavy atom. The Hall–Kier alpha value is -3.53. The Bertz CT molecular complexity index is 1580. The molecule has 3 aliphatic carbocycles. The fourth-order valence-corrected chi connectivity index (χ4v) is 8.95. The summed E-state index contributed by atoms with van der Waals surface area (Å²) >= 11 is 0. The number of carboxylic acid groups (broad SMARTS) is 1. The normalized spacial score (nSPS) is 26.0. The fraction of sp³-hybridized carbons (Fsp3) is 0.632. The van der Waals surface area contributed by atoms with Crippen LogP contribution in [-0.4, -0.2) is 68.4 Å². The second kappa shape index (κ2) is 14.1. The highest BCUT2D eigenvalue weighted by molar-refractivity contribution is 5.70. The van der Waals surface area contributed by atoms with Crippen LogP contribution in [0.5, 0.6) is 0 Å². The molecule has 48 heavy (non-hydrogen) atoms. The van der Waals surface area contributed by atoms with E-state index in [2.05, 4.69) is 40.4 Å². The number of halogens is 1. The number of carboxylic acids is 1. The molecule has 2 N–H and O–H groups in total. The lowest BCUT2D eigenvalue weighted by Crippen LogP contribution is -2.43. The van der Waals surface area contributed by atoms with E-state index in [1.54, 1.807) is 6.07 Å². The predicted octanol–water partition coefficient (Wildman–Crippen LogP) is 6.61. The standard InChI is InChI=1S/C38H52FN7O2/c1-24-6-5-17-46(21-24)23-34(30-20-40-44(2)22-30)41-36-32-19-29(28-7-4-8-31(39)18-28)15-16-33(32)42-38(43-36)45(3)35(25-9-10-25)26-11-13-27(14-12-26)37(47)48/h4,7-8,18,20,22,24-27,29,34-35H,5-6,9-17,19,21,23H2,1-3H3,(H,47,48)(H,41,42,43)/t24-,26?,27?,29+,34-,35+/m0/s1. The number of nitrogens with zero attached hydrogens (tertiary/aromatic N) is 6. The second-order valence-corrected chi connectivity index (χ2v) is 15.3. The molecule has 3 aromatic rings. The van der Waals surface area contributed by atoms with Gasteiger partial charge >= 0.3 is 5.97 Å². The summed E-state index contributed by atoms with van der Waals surface area (Å²) in [6.45, 7) is 5.39. The minimum absolute atomic E-state index is 0.00114. The molecule has 0 unspecified atom stereocenters. The van der Waals surface area contributed by atoms with E-state index in [1.807, 2.05) is 30.1 Å². The van der Waals surface area contributed by atoms with E-state index in [9.17, 15) is 14.3 Å². The first-order valence-electron chi connectivity index (χ1n) is 18.3. The maximum absolute atomic E-state index is 14.3. The Morgan fingerprint density at radius 1 is 1.10 bits per heavy atom. The molecular weight excluding hydrogens is 605 g/mol. The summed E-state index contributed by atoms with van der Waals surface area (Å²) in [5, 5.41) is 18.1. The first kappa shape index (κ1) is 33.0. The van der Waals surface area contributed by atoms with E-state index >= 15 is 0 Å². The van der Waals surface area contributed by atoms with E-state index in [-0.39, 0.29) is 23.7 Å². The van der Waals surface area contributed by atoms with Crippen molar-refractivity contribution in [3.63, 3.8) is 0 Å². The van der Waals surface area contributed by atoms with Gasteiger partial charge in [0.15, 0.2) is 0 Å². The number of rotatable bonds is 11. The Kier molecular flexibility index (Phi) is 9.72. The summed E-state index contributed by atoms with van der Waals surface area (Å²) < 4.78 is 16.2. The molecule has 10 heteroatoms. The summed E-state index contributed by atoms with van der Waals surface area (Å²) in [5.74, 6) is 2.48. The number of piperidine rings is 1. The molecule has 1 aromatic carbocycles. The molecular formula is C38H52FN7O2. The third kappa shape index (κ3) is 7.38. The maximum Gasteiger partial charge on any atom is 0.306 e. The minimum Gasteiger partial charge on any atom is -0.481 e. The van der Waals surface area contributed by atoms with Crippen molar-refractivity contribution in [2.75, 3.05) is 36.9 Å². The molecule has 0 radical (unpaired) electrons. The van der Waals surface area contributed by atoms with Gasteiger partial charge in [-0.15, -0.1) is 0 Å². The lowest BCUT2D eigenvalue weighted by atomic mass is 9.77. The second-order valence-electron chi connectivity index (χ2n) is 15.3. The number of hydrogen-bond acceptors (Lipinski definition) is 7. The first-order chi connectivity index (χ1) is 23.2. The van der Waals surface area contributed by atoms with Crippen molar-refractivity contribution in [2.24, 2.45) is 30.7 Å². The Balaban J connectivity index is 1.23. The zero-order chi connectivity index (χ0) is 33.4. The number of aryl methyl sites for hydroxylation is 2. The largest absolute Gasteiger partial charge is 0.481 e. The van der Waals surface area contributed by atoms with Gasteiger partial charge in [-0.3, -0.25) is 9.48 Å². The van der Waals surface area contributed by atoms with Crippen LogP contribution in [0.15, 0.2) is 36.7 Å². The number of aliphatic carboxylic acids is 1. The topological polar surface area (TPSA) is 99.4 Å². The molecule has 4 aliphatic rings. The SMILES string of the molecule is C[C@H]1CCCN(C[C@H](Nc2nc(N(C)[C@@H](C3CCC(C(=O)O)CC3)C3CC3)nc3c2C[C@H](c2cccc(F)c2)CC3)c2cnn(C)c2)C1. The minimum atomic E-state index is -0.655. The first-order valence-corrected chi connectivity index (χ1v) is 18.3. The van der Waals surface area contributed by atoms with Crippen molar-refractivity contribution in [3.8, 4) is 0 Å². The molecule has 4 atom stereocenters. The van der Waals surface area contributed by atoms with Gasteiger partial charge in [-0.2, -0.15) is 10.1 Å². The smallest absolute Gasteiger partial charge is 0.306 e. The number of hydrogen-bond donors (Lipinski definition) is 2. The van der Waals surface area contributed by atoms with Crippen LogP contribution >= 0.6 is 0 Å². The number of likely N-dealkylation sites (tertiary alicyclic amines) is 1. The van der Waals surface area contributed by atoms with Crippen LogP contribution in [0.2, 0.25) is 0 Å². The van der Waals surface area contributed by atoms with Gasteiger partial charge in [-0.25, -0.2) is 9.37 Å². The Morgan fingerprint density at radius 2 is 1.88 bits per heavy atom. The molecule has 2 saturated carbocycles. The highest BCUT2D eigenvalue weighted by atomic mass is 19.1. The fourth-order valence-electron chi connectivity index (χ4n) is 8.95. The van der Waals surface area contributed by atoms with Crippen molar-refractivity contribution in [1.82, 2.24) is 24.6 Å². The quantitative estimate of drug-likeness (QED) is 0.238. The lowest BCUT2D eigenvalue weighted by molar-refractivity contribution is -0.143. The number of fused-ring (bicyclic) bond motifs is 1. The van der Waals surface area contributed by atoms with Gasteiger partial charge in [0.2, 0.25) is 5.95 Å². The molecule has 258 valence electrons. The van der Waals surface area contributed by atoms with Crippen molar-refractivity contribution >= 4 is 17.7 Å². The lowest BCUT2D eigenvalue weighted by Gasteiger charge is -2.39. The van der Waals surface area contributed by atoms with Crippen LogP contribution in [0.1, 0.15) is 99.1 Å². The number of aromatic nitrogens is 4.